The van der Waals surface area contributed by atoms with Gasteiger partial charge in [-0.05, 0) is 31.7 Å². The van der Waals surface area contributed by atoms with Gasteiger partial charge in [-0.3, -0.25) is 9.78 Å². The van der Waals surface area contributed by atoms with Crippen molar-refractivity contribution in [2.24, 2.45) is 0 Å². The van der Waals surface area contributed by atoms with E-state index in [9.17, 15) is 31.5 Å². The lowest BCUT2D eigenvalue weighted by Gasteiger charge is -2.40. The van der Waals surface area contributed by atoms with E-state index in [0.29, 0.717) is 29.6 Å². The number of piperidine rings is 1. The van der Waals surface area contributed by atoms with E-state index in [1.54, 1.807) is 6.20 Å². The van der Waals surface area contributed by atoms with E-state index in [1.165, 1.54) is 10.7 Å². The van der Waals surface area contributed by atoms with Crippen molar-refractivity contribution in [1.82, 2.24) is 24.5 Å². The number of halogens is 3. The normalized spacial score (nSPS) is 21.5. The van der Waals surface area contributed by atoms with Gasteiger partial charge in [-0.15, -0.1) is 0 Å². The van der Waals surface area contributed by atoms with Gasteiger partial charge in [-0.2, -0.15) is 22.8 Å². The Morgan fingerprint density at radius 1 is 1.05 bits per heavy atom. The molecule has 2 fully saturated rings. The number of pyridine rings is 1. The summed E-state index contributed by atoms with van der Waals surface area (Å²) < 4.78 is 66.5. The molecule has 0 radical (unpaired) electrons. The van der Waals surface area contributed by atoms with Gasteiger partial charge in [0.1, 0.15) is 10.7 Å². The number of rotatable bonds is 5. The topological polar surface area (TPSA) is 144 Å². The van der Waals surface area contributed by atoms with Crippen molar-refractivity contribution in [3.63, 3.8) is 0 Å². The van der Waals surface area contributed by atoms with E-state index in [4.69, 9.17) is 10.7 Å². The SMILES string of the molecule is CS(=O)(=O)c1c([C@@H]2C[C@H]3CC[C@@H](C2)N3C(=O)C(O)C(F)(F)F)nc2c(-c3ccc(-c4ccccc4)nc3)cnn2c1N. The lowest BCUT2D eigenvalue weighted by molar-refractivity contribution is -0.212. The number of nitrogens with two attached hydrogens (primary N) is 1. The molecule has 1 amide bonds. The maximum Gasteiger partial charge on any atom is 0.423 e. The van der Waals surface area contributed by atoms with Crippen molar-refractivity contribution in [1.29, 1.82) is 0 Å². The molecule has 2 saturated heterocycles. The number of aliphatic hydroxyl groups is 1. The second kappa shape index (κ2) is 10.1. The molecule has 14 heteroatoms. The molecule has 0 aliphatic carbocycles. The van der Waals surface area contributed by atoms with E-state index in [1.807, 2.05) is 42.5 Å². The monoisotopic (exact) mass is 600 g/mol. The van der Waals surface area contributed by atoms with Crippen molar-refractivity contribution >= 4 is 27.2 Å². The second-order valence-corrected chi connectivity index (χ2v) is 12.8. The number of carbonyl (C=O) groups excluding carboxylic acids is 1. The number of alkyl halides is 3. The Morgan fingerprint density at radius 2 is 1.71 bits per heavy atom. The predicted octanol–water partition coefficient (Wildman–Crippen LogP) is 3.60. The molecule has 1 aromatic carbocycles. The molecule has 1 unspecified atom stereocenters. The number of nitrogen functional groups attached to an aromatic ring is 1. The van der Waals surface area contributed by atoms with Gasteiger partial charge in [-0.25, -0.2) is 13.4 Å². The van der Waals surface area contributed by atoms with Gasteiger partial charge >= 0.3 is 6.18 Å². The van der Waals surface area contributed by atoms with Crippen LogP contribution in [0.1, 0.15) is 37.3 Å². The number of anilines is 1. The molecule has 6 rings (SSSR count). The molecule has 220 valence electrons. The average molecular weight is 601 g/mol. The summed E-state index contributed by atoms with van der Waals surface area (Å²) in [4.78, 5) is 22.8. The van der Waals surface area contributed by atoms with Crippen LogP contribution in [0.5, 0.6) is 0 Å². The minimum Gasteiger partial charge on any atom is -0.382 e. The molecule has 2 aliphatic rings. The van der Waals surface area contributed by atoms with Crippen LogP contribution in [0.4, 0.5) is 19.0 Å². The first-order valence-electron chi connectivity index (χ1n) is 13.3. The fraction of sp³-hybridized carbons (Fsp3) is 0.357. The Hall–Kier alpha value is -4.04. The summed E-state index contributed by atoms with van der Waals surface area (Å²) in [6, 6.07) is 12.1. The van der Waals surface area contributed by atoms with Crippen LogP contribution in [0.2, 0.25) is 0 Å². The van der Waals surface area contributed by atoms with Crippen LogP contribution in [-0.2, 0) is 14.6 Å². The van der Waals surface area contributed by atoms with Crippen molar-refractivity contribution < 1.29 is 31.5 Å². The van der Waals surface area contributed by atoms with Gasteiger partial charge in [0.05, 0.1) is 17.6 Å². The minimum atomic E-state index is -5.08. The Kier molecular flexibility index (Phi) is 6.72. The molecule has 2 aliphatic heterocycles. The minimum absolute atomic E-state index is 0.129. The summed E-state index contributed by atoms with van der Waals surface area (Å²) >= 11 is 0. The lowest BCUT2D eigenvalue weighted by Crippen LogP contribution is -2.53. The van der Waals surface area contributed by atoms with Crippen LogP contribution in [0, 0.1) is 0 Å². The Bertz CT molecular complexity index is 1760. The molecule has 3 aromatic heterocycles. The van der Waals surface area contributed by atoms with Crippen LogP contribution < -0.4 is 5.73 Å². The van der Waals surface area contributed by atoms with E-state index in [2.05, 4.69) is 10.1 Å². The third-order valence-corrected chi connectivity index (χ3v) is 9.26. The molecule has 2 bridgehead atoms. The summed E-state index contributed by atoms with van der Waals surface area (Å²) in [5.74, 6) is -2.02. The first-order chi connectivity index (χ1) is 19.8. The van der Waals surface area contributed by atoms with Gasteiger partial charge in [0.25, 0.3) is 5.91 Å². The number of benzene rings is 1. The quantitative estimate of drug-likeness (QED) is 0.354. The third-order valence-electron chi connectivity index (χ3n) is 8.10. The molecule has 4 aromatic rings. The summed E-state index contributed by atoms with van der Waals surface area (Å²) in [5.41, 5.74) is 9.84. The van der Waals surface area contributed by atoms with Gasteiger partial charge < -0.3 is 15.7 Å². The molecular formula is C28H27F3N6O4S. The number of nitrogens with zero attached hydrogens (tertiary/aromatic N) is 5. The van der Waals surface area contributed by atoms with E-state index in [0.717, 1.165) is 22.4 Å². The summed E-state index contributed by atoms with van der Waals surface area (Å²) in [5, 5.41) is 13.9. The molecule has 0 spiro atoms. The molecule has 10 nitrogen and oxygen atoms in total. The first kappa shape index (κ1) is 28.1. The number of hydrogen-bond acceptors (Lipinski definition) is 8. The van der Waals surface area contributed by atoms with Gasteiger partial charge in [0.2, 0.25) is 6.10 Å². The predicted molar refractivity (Wildman–Crippen MR) is 147 cm³/mol. The van der Waals surface area contributed by atoms with E-state index in [-0.39, 0.29) is 29.2 Å². The highest BCUT2D eigenvalue weighted by molar-refractivity contribution is 7.91. The smallest absolute Gasteiger partial charge is 0.382 e. The third kappa shape index (κ3) is 4.77. The second-order valence-electron chi connectivity index (χ2n) is 10.8. The average Bonchev–Trinajstić information content (AvgIpc) is 3.49. The molecular weight excluding hydrogens is 573 g/mol. The number of carbonyl (C=O) groups is 1. The number of sulfone groups is 1. The molecule has 42 heavy (non-hydrogen) atoms. The van der Waals surface area contributed by atoms with Crippen LogP contribution in [0.3, 0.4) is 0 Å². The molecule has 5 heterocycles. The highest BCUT2D eigenvalue weighted by Crippen LogP contribution is 2.46. The largest absolute Gasteiger partial charge is 0.423 e. The highest BCUT2D eigenvalue weighted by Gasteiger charge is 2.52. The van der Waals surface area contributed by atoms with Crippen molar-refractivity contribution in [2.75, 3.05) is 12.0 Å². The van der Waals surface area contributed by atoms with Crippen molar-refractivity contribution in [3.05, 3.63) is 60.6 Å². The highest BCUT2D eigenvalue weighted by atomic mass is 32.2. The zero-order chi connectivity index (χ0) is 30.0. The first-order valence-corrected chi connectivity index (χ1v) is 15.2. The molecule has 3 N–H and O–H groups in total. The number of fused-ring (bicyclic) bond motifs is 3. The Balaban J connectivity index is 1.39. The standard InChI is InChI=1S/C28H27F3N6O4S/c1-42(40,41)23-22(17-11-18-8-9-19(12-17)36(18)27(39)24(38)28(29,30)31)35-26-20(14-34-37(26)25(23)32)16-7-10-21(33-13-16)15-5-3-2-4-6-15/h2-7,10,13-14,17-19,24,38H,8-9,11-12,32H2,1H3/t17-,18-,19+,24?. The number of aliphatic hydroxyl groups excluding tert-OH is 1. The van der Waals surface area contributed by atoms with Crippen LogP contribution in [0.15, 0.2) is 59.8 Å². The fourth-order valence-electron chi connectivity index (χ4n) is 6.25. The maximum atomic E-state index is 13.1. The molecule has 0 saturated carbocycles. The Morgan fingerprint density at radius 3 is 2.29 bits per heavy atom. The lowest BCUT2D eigenvalue weighted by atomic mass is 9.87. The zero-order valence-corrected chi connectivity index (χ0v) is 23.2. The summed E-state index contributed by atoms with van der Waals surface area (Å²) in [6.45, 7) is 0. The summed E-state index contributed by atoms with van der Waals surface area (Å²) in [7, 11) is -3.90. The van der Waals surface area contributed by atoms with Crippen molar-refractivity contribution in [2.45, 2.75) is 60.9 Å². The summed E-state index contributed by atoms with van der Waals surface area (Å²) in [6.07, 6.45) is -2.77. The fourth-order valence-corrected chi connectivity index (χ4v) is 7.31. The number of aromatic nitrogens is 4. The maximum absolute atomic E-state index is 13.1. The molecule has 4 atom stereocenters. The van der Waals surface area contributed by atoms with E-state index < -0.39 is 46.0 Å². The number of hydrogen-bond donors (Lipinski definition) is 2. The Labute approximate surface area is 238 Å². The van der Waals surface area contributed by atoms with Crippen LogP contribution >= 0.6 is 0 Å². The van der Waals surface area contributed by atoms with E-state index >= 15 is 0 Å². The van der Waals surface area contributed by atoms with Crippen molar-refractivity contribution in [3.8, 4) is 22.4 Å². The van der Waals surface area contributed by atoms with Crippen LogP contribution in [-0.4, -0.2) is 74.5 Å². The van der Waals surface area contributed by atoms with Gasteiger partial charge in [-0.1, -0.05) is 36.4 Å². The zero-order valence-electron chi connectivity index (χ0n) is 22.4. The number of amides is 1. The van der Waals surface area contributed by atoms with Gasteiger partial charge in [0.15, 0.2) is 15.5 Å². The van der Waals surface area contributed by atoms with Gasteiger partial charge in [0, 0.05) is 47.1 Å². The van der Waals surface area contributed by atoms with Crippen LogP contribution in [0.25, 0.3) is 28.0 Å².